The molecular weight excluding hydrogens is 314 g/mol. The van der Waals surface area contributed by atoms with Crippen LogP contribution in [0.5, 0.6) is 0 Å². The summed E-state index contributed by atoms with van der Waals surface area (Å²) < 4.78 is 0. The number of carbonyl (C=O) groups is 2. The highest BCUT2D eigenvalue weighted by atomic mass is 16.2. The third kappa shape index (κ3) is 3.02. The van der Waals surface area contributed by atoms with Gasteiger partial charge in [-0.15, -0.1) is 0 Å². The zero-order valence-electron chi connectivity index (χ0n) is 14.3. The van der Waals surface area contributed by atoms with Crippen LogP contribution >= 0.6 is 0 Å². The van der Waals surface area contributed by atoms with Crippen LogP contribution in [0.1, 0.15) is 29.5 Å². The number of hydrogen-bond acceptors (Lipinski definition) is 3. The van der Waals surface area contributed by atoms with Crippen molar-refractivity contribution >= 4 is 23.3 Å². The van der Waals surface area contributed by atoms with Crippen LogP contribution in [0.3, 0.4) is 0 Å². The average molecular weight is 335 g/mol. The predicted octanol–water partition coefficient (Wildman–Crippen LogP) is 2.87. The Balaban J connectivity index is 1.48. The normalized spacial score (nSPS) is 19.2. The van der Waals surface area contributed by atoms with E-state index in [-0.39, 0.29) is 24.2 Å². The van der Waals surface area contributed by atoms with Crippen molar-refractivity contribution in [3.8, 4) is 0 Å². The number of hydrogen-bond donors (Lipinski definition) is 1. The third-order valence-electron chi connectivity index (χ3n) is 5.14. The lowest BCUT2D eigenvalue weighted by molar-refractivity contribution is -0.122. The van der Waals surface area contributed by atoms with Crippen LogP contribution < -0.4 is 10.2 Å². The van der Waals surface area contributed by atoms with Crippen molar-refractivity contribution in [3.63, 3.8) is 0 Å². The molecular formula is C20H21N3O2. The fourth-order valence-corrected chi connectivity index (χ4v) is 3.69. The van der Waals surface area contributed by atoms with E-state index in [1.54, 1.807) is 11.1 Å². The minimum Gasteiger partial charge on any atom is -0.312 e. The lowest BCUT2D eigenvalue weighted by Crippen LogP contribution is -2.28. The zero-order chi connectivity index (χ0) is 17.4. The first-order chi connectivity index (χ1) is 12.1. The fraction of sp³-hybridized carbons (Fsp3) is 0.350. The van der Waals surface area contributed by atoms with Gasteiger partial charge in [0.1, 0.15) is 5.82 Å². The monoisotopic (exact) mass is 335 g/mol. The summed E-state index contributed by atoms with van der Waals surface area (Å²) in [4.78, 5) is 30.9. The van der Waals surface area contributed by atoms with Crippen LogP contribution in [0.15, 0.2) is 36.5 Å². The van der Waals surface area contributed by atoms with Gasteiger partial charge in [-0.05, 0) is 61.1 Å². The summed E-state index contributed by atoms with van der Waals surface area (Å²) in [6.07, 6.45) is 5.28. The van der Waals surface area contributed by atoms with E-state index in [4.69, 9.17) is 0 Å². The predicted molar refractivity (Wildman–Crippen MR) is 96.5 cm³/mol. The topological polar surface area (TPSA) is 62.3 Å². The number of aromatic nitrogens is 1. The third-order valence-corrected chi connectivity index (χ3v) is 5.14. The first-order valence-corrected chi connectivity index (χ1v) is 8.76. The van der Waals surface area contributed by atoms with Gasteiger partial charge in [0.15, 0.2) is 0 Å². The molecule has 2 aliphatic rings. The van der Waals surface area contributed by atoms with Gasteiger partial charge in [-0.25, -0.2) is 4.98 Å². The number of nitrogens with one attached hydrogen (secondary N) is 1. The number of benzene rings is 1. The van der Waals surface area contributed by atoms with E-state index >= 15 is 0 Å². The van der Waals surface area contributed by atoms with E-state index in [0.29, 0.717) is 12.4 Å². The molecule has 0 spiro atoms. The second kappa shape index (κ2) is 6.31. The Morgan fingerprint density at radius 2 is 2.08 bits per heavy atom. The van der Waals surface area contributed by atoms with Crippen molar-refractivity contribution in [3.05, 3.63) is 53.2 Å². The second-order valence-corrected chi connectivity index (χ2v) is 6.87. The molecule has 1 N–H and O–H groups in total. The molecule has 2 amide bonds. The highest BCUT2D eigenvalue weighted by molar-refractivity contribution is 6.03. The average Bonchev–Trinajstić information content (AvgIpc) is 3.22. The Bertz CT molecular complexity index is 847. The van der Waals surface area contributed by atoms with Crippen LogP contribution in [0.25, 0.3) is 0 Å². The molecule has 1 aromatic carbocycles. The minimum absolute atomic E-state index is 0.0100. The molecule has 1 aliphatic heterocycles. The maximum absolute atomic E-state index is 12.5. The second-order valence-electron chi connectivity index (χ2n) is 6.87. The van der Waals surface area contributed by atoms with Crippen molar-refractivity contribution in [2.75, 3.05) is 16.8 Å². The van der Waals surface area contributed by atoms with Crippen LogP contribution in [0, 0.1) is 12.8 Å². The van der Waals surface area contributed by atoms with Gasteiger partial charge in [0, 0.05) is 24.8 Å². The standard InChI is InChI=1S/C20H21N3O2/c1-13-4-3-9-21-19(13)22-20(25)16-11-18(24)23(12-16)17-8-7-14-5-2-6-15(14)10-17/h3-4,7-10,16H,2,5-6,11-12H2,1H3,(H,21,22,25). The smallest absolute Gasteiger partial charge is 0.230 e. The maximum Gasteiger partial charge on any atom is 0.230 e. The molecule has 1 fully saturated rings. The molecule has 1 aromatic heterocycles. The van der Waals surface area contributed by atoms with Gasteiger partial charge in [0.25, 0.3) is 0 Å². The molecule has 1 unspecified atom stereocenters. The molecule has 1 atom stereocenters. The van der Waals surface area contributed by atoms with E-state index < -0.39 is 0 Å². The molecule has 128 valence electrons. The van der Waals surface area contributed by atoms with Crippen LogP contribution in [-0.2, 0) is 22.4 Å². The van der Waals surface area contributed by atoms with Gasteiger partial charge in [0.05, 0.1) is 5.92 Å². The Labute approximate surface area is 147 Å². The summed E-state index contributed by atoms with van der Waals surface area (Å²) in [6.45, 7) is 2.33. The molecule has 2 aromatic rings. The lowest BCUT2D eigenvalue weighted by atomic mass is 10.1. The van der Waals surface area contributed by atoms with Gasteiger partial charge < -0.3 is 10.2 Å². The van der Waals surface area contributed by atoms with Gasteiger partial charge in [-0.1, -0.05) is 12.1 Å². The number of rotatable bonds is 3. The van der Waals surface area contributed by atoms with Gasteiger partial charge >= 0.3 is 0 Å². The van der Waals surface area contributed by atoms with Crippen LogP contribution in [0.4, 0.5) is 11.5 Å². The Kier molecular flexibility index (Phi) is 3.99. The largest absolute Gasteiger partial charge is 0.312 e. The Morgan fingerprint density at radius 1 is 1.24 bits per heavy atom. The van der Waals surface area contributed by atoms with E-state index in [9.17, 15) is 9.59 Å². The number of nitrogens with zero attached hydrogens (tertiary/aromatic N) is 2. The Hall–Kier alpha value is -2.69. The number of carbonyl (C=O) groups excluding carboxylic acids is 2. The van der Waals surface area contributed by atoms with Crippen LogP contribution in [0.2, 0.25) is 0 Å². The van der Waals surface area contributed by atoms with E-state index in [0.717, 1.165) is 24.1 Å². The van der Waals surface area contributed by atoms with Crippen LogP contribution in [-0.4, -0.2) is 23.3 Å². The van der Waals surface area contributed by atoms with Gasteiger partial charge in [-0.2, -0.15) is 0 Å². The number of anilines is 2. The fourth-order valence-electron chi connectivity index (χ4n) is 3.69. The van der Waals surface area contributed by atoms with E-state index in [1.807, 2.05) is 25.1 Å². The van der Waals surface area contributed by atoms with Crippen molar-refractivity contribution in [1.29, 1.82) is 0 Å². The SMILES string of the molecule is Cc1cccnc1NC(=O)C1CC(=O)N(c2ccc3c(c2)CCC3)C1. The summed E-state index contributed by atoms with van der Waals surface area (Å²) in [6, 6.07) is 9.98. The first kappa shape index (κ1) is 15.8. The lowest BCUT2D eigenvalue weighted by Gasteiger charge is -2.18. The molecule has 5 heteroatoms. The zero-order valence-corrected chi connectivity index (χ0v) is 14.3. The maximum atomic E-state index is 12.5. The molecule has 0 radical (unpaired) electrons. The summed E-state index contributed by atoms with van der Waals surface area (Å²) in [5, 5.41) is 2.86. The number of fused-ring (bicyclic) bond motifs is 1. The molecule has 4 rings (SSSR count). The summed E-state index contributed by atoms with van der Waals surface area (Å²) in [5.74, 6) is 0.0905. The summed E-state index contributed by atoms with van der Waals surface area (Å²) >= 11 is 0. The number of pyridine rings is 1. The van der Waals surface area contributed by atoms with Crippen molar-refractivity contribution in [2.24, 2.45) is 5.92 Å². The molecule has 5 nitrogen and oxygen atoms in total. The Morgan fingerprint density at radius 3 is 2.92 bits per heavy atom. The van der Waals surface area contributed by atoms with Gasteiger partial charge in [0.2, 0.25) is 11.8 Å². The highest BCUT2D eigenvalue weighted by Crippen LogP contribution is 2.31. The quantitative estimate of drug-likeness (QED) is 0.938. The number of aryl methyl sites for hydroxylation is 3. The van der Waals surface area contributed by atoms with Crippen molar-refractivity contribution < 1.29 is 9.59 Å². The highest BCUT2D eigenvalue weighted by Gasteiger charge is 2.35. The van der Waals surface area contributed by atoms with Crippen molar-refractivity contribution in [2.45, 2.75) is 32.6 Å². The van der Waals surface area contributed by atoms with E-state index in [1.165, 1.54) is 17.5 Å². The minimum atomic E-state index is -0.345. The van der Waals surface area contributed by atoms with Crippen molar-refractivity contribution in [1.82, 2.24) is 4.98 Å². The summed E-state index contributed by atoms with van der Waals surface area (Å²) in [7, 11) is 0. The van der Waals surface area contributed by atoms with Gasteiger partial charge in [-0.3, -0.25) is 9.59 Å². The molecule has 1 saturated heterocycles. The molecule has 0 bridgehead atoms. The van der Waals surface area contributed by atoms with E-state index in [2.05, 4.69) is 22.4 Å². The number of amides is 2. The molecule has 1 aliphatic carbocycles. The molecule has 0 saturated carbocycles. The summed E-state index contributed by atoms with van der Waals surface area (Å²) in [5.41, 5.74) is 4.54. The molecule has 2 heterocycles. The molecule has 25 heavy (non-hydrogen) atoms. The first-order valence-electron chi connectivity index (χ1n) is 8.76.